The van der Waals surface area contributed by atoms with Crippen LogP contribution in [0.15, 0.2) is 6.20 Å². The lowest BCUT2D eigenvalue weighted by molar-refractivity contribution is 0.0941. The first-order chi connectivity index (χ1) is 8.60. The van der Waals surface area contributed by atoms with E-state index in [4.69, 9.17) is 0 Å². The van der Waals surface area contributed by atoms with Crippen LogP contribution in [0.3, 0.4) is 0 Å². The zero-order valence-electron chi connectivity index (χ0n) is 10.7. The molecule has 2 heterocycles. The molecule has 0 aliphatic heterocycles. The third-order valence-corrected chi connectivity index (χ3v) is 2.62. The fourth-order valence-corrected chi connectivity index (χ4v) is 1.63. The minimum atomic E-state index is -0.283. The number of nitrogens with one attached hydrogen (secondary N) is 2. The van der Waals surface area contributed by atoms with Crippen molar-refractivity contribution in [2.75, 3.05) is 0 Å². The van der Waals surface area contributed by atoms with Crippen molar-refractivity contribution in [1.82, 2.24) is 30.3 Å². The van der Waals surface area contributed by atoms with Gasteiger partial charge in [-0.3, -0.25) is 14.6 Å². The summed E-state index contributed by atoms with van der Waals surface area (Å²) < 4.78 is 1.72. The second-order valence-electron chi connectivity index (χ2n) is 4.06. The standard InChI is InChI=1S/C11H16N6O/c1-4-9-13-10(15-14-9)11(18)12-5-8-6-17(3)16-7(8)2/h6H,4-5H2,1-3H3,(H,12,18)(H,13,14,15). The van der Waals surface area contributed by atoms with Crippen LogP contribution in [-0.4, -0.2) is 30.9 Å². The van der Waals surface area contributed by atoms with Crippen LogP contribution in [0.25, 0.3) is 0 Å². The highest BCUT2D eigenvalue weighted by Gasteiger charge is 2.12. The molecule has 18 heavy (non-hydrogen) atoms. The van der Waals surface area contributed by atoms with Crippen molar-refractivity contribution in [3.63, 3.8) is 0 Å². The van der Waals surface area contributed by atoms with E-state index in [0.29, 0.717) is 12.4 Å². The molecule has 0 aliphatic rings. The second-order valence-corrected chi connectivity index (χ2v) is 4.06. The Morgan fingerprint density at radius 3 is 2.89 bits per heavy atom. The van der Waals surface area contributed by atoms with Crippen LogP contribution in [0.1, 0.15) is 34.6 Å². The molecule has 1 amide bonds. The third kappa shape index (κ3) is 2.55. The maximum atomic E-state index is 11.8. The molecule has 0 radical (unpaired) electrons. The van der Waals surface area contributed by atoms with Crippen LogP contribution in [-0.2, 0) is 20.0 Å². The number of nitrogens with zero attached hydrogens (tertiary/aromatic N) is 4. The topological polar surface area (TPSA) is 88.5 Å². The summed E-state index contributed by atoms with van der Waals surface area (Å²) in [5.41, 5.74) is 1.89. The van der Waals surface area contributed by atoms with Crippen molar-refractivity contribution in [1.29, 1.82) is 0 Å². The smallest absolute Gasteiger partial charge is 0.291 e. The molecule has 0 saturated heterocycles. The van der Waals surface area contributed by atoms with E-state index >= 15 is 0 Å². The van der Waals surface area contributed by atoms with Gasteiger partial charge in [0, 0.05) is 31.8 Å². The minimum absolute atomic E-state index is 0.174. The number of aromatic nitrogens is 5. The number of aromatic amines is 1. The van der Waals surface area contributed by atoms with Crippen LogP contribution < -0.4 is 5.32 Å². The van der Waals surface area contributed by atoms with Crippen LogP contribution >= 0.6 is 0 Å². The van der Waals surface area contributed by atoms with Gasteiger partial charge in [0.15, 0.2) is 0 Å². The fraction of sp³-hybridized carbons (Fsp3) is 0.455. The summed E-state index contributed by atoms with van der Waals surface area (Å²) in [7, 11) is 1.85. The molecule has 7 nitrogen and oxygen atoms in total. The van der Waals surface area contributed by atoms with Crippen LogP contribution in [0.4, 0.5) is 0 Å². The highest BCUT2D eigenvalue weighted by atomic mass is 16.2. The molecular formula is C11H16N6O. The first-order valence-electron chi connectivity index (χ1n) is 5.78. The number of aryl methyl sites for hydroxylation is 3. The van der Waals surface area contributed by atoms with E-state index in [9.17, 15) is 4.79 Å². The number of H-pyrrole nitrogens is 1. The van der Waals surface area contributed by atoms with Gasteiger partial charge in [-0.15, -0.1) is 5.10 Å². The summed E-state index contributed by atoms with van der Waals surface area (Å²) in [5, 5.41) is 13.5. The molecule has 0 aromatic carbocycles. The molecular weight excluding hydrogens is 232 g/mol. The van der Waals surface area contributed by atoms with Gasteiger partial charge in [-0.1, -0.05) is 6.92 Å². The molecule has 7 heteroatoms. The Hall–Kier alpha value is -2.18. The summed E-state index contributed by atoms with van der Waals surface area (Å²) in [5.74, 6) is 0.598. The number of hydrogen-bond acceptors (Lipinski definition) is 4. The summed E-state index contributed by atoms with van der Waals surface area (Å²) in [6.45, 7) is 4.28. The van der Waals surface area contributed by atoms with E-state index in [2.05, 4.69) is 25.6 Å². The van der Waals surface area contributed by atoms with Crippen LogP contribution in [0, 0.1) is 6.92 Å². The van der Waals surface area contributed by atoms with Crippen molar-refractivity contribution in [2.24, 2.45) is 7.05 Å². The van der Waals surface area contributed by atoms with E-state index in [-0.39, 0.29) is 11.7 Å². The summed E-state index contributed by atoms with van der Waals surface area (Å²) in [6.07, 6.45) is 2.60. The number of carbonyl (C=O) groups is 1. The van der Waals surface area contributed by atoms with Gasteiger partial charge < -0.3 is 5.32 Å². The van der Waals surface area contributed by atoms with Crippen molar-refractivity contribution in [2.45, 2.75) is 26.8 Å². The second kappa shape index (κ2) is 4.99. The van der Waals surface area contributed by atoms with Gasteiger partial charge in [0.2, 0.25) is 5.82 Å². The molecule has 2 rings (SSSR count). The molecule has 96 valence electrons. The van der Waals surface area contributed by atoms with E-state index in [1.807, 2.05) is 27.1 Å². The predicted octanol–water partition coefficient (Wildman–Crippen LogP) is 0.339. The molecule has 0 saturated carbocycles. The van der Waals surface area contributed by atoms with E-state index in [0.717, 1.165) is 17.7 Å². The van der Waals surface area contributed by atoms with Gasteiger partial charge in [-0.05, 0) is 6.92 Å². The lowest BCUT2D eigenvalue weighted by Crippen LogP contribution is -2.24. The minimum Gasteiger partial charge on any atom is -0.345 e. The summed E-state index contributed by atoms with van der Waals surface area (Å²) >= 11 is 0. The highest BCUT2D eigenvalue weighted by molar-refractivity contribution is 5.90. The Balaban J connectivity index is 1.98. The number of carbonyl (C=O) groups excluding carboxylic acids is 1. The summed E-state index contributed by atoms with van der Waals surface area (Å²) in [6, 6.07) is 0. The van der Waals surface area contributed by atoms with Crippen molar-refractivity contribution >= 4 is 5.91 Å². The average Bonchev–Trinajstić information content (AvgIpc) is 2.93. The lowest BCUT2D eigenvalue weighted by Gasteiger charge is -2.00. The fourth-order valence-electron chi connectivity index (χ4n) is 1.63. The van der Waals surface area contributed by atoms with Crippen molar-refractivity contribution < 1.29 is 4.79 Å². The van der Waals surface area contributed by atoms with E-state index < -0.39 is 0 Å². The maximum absolute atomic E-state index is 11.8. The molecule has 2 aromatic rings. The molecule has 0 atom stereocenters. The van der Waals surface area contributed by atoms with Gasteiger partial charge in [-0.25, -0.2) is 4.98 Å². The molecule has 0 spiro atoms. The highest BCUT2D eigenvalue weighted by Crippen LogP contribution is 2.04. The van der Waals surface area contributed by atoms with Gasteiger partial charge in [0.25, 0.3) is 5.91 Å². The van der Waals surface area contributed by atoms with E-state index in [1.165, 1.54) is 0 Å². The summed E-state index contributed by atoms with van der Waals surface area (Å²) in [4.78, 5) is 15.9. The van der Waals surface area contributed by atoms with Crippen molar-refractivity contribution in [3.05, 3.63) is 29.1 Å². The Morgan fingerprint density at radius 2 is 2.33 bits per heavy atom. The monoisotopic (exact) mass is 248 g/mol. The Labute approximate surface area is 105 Å². The first-order valence-corrected chi connectivity index (χ1v) is 5.78. The molecule has 2 N–H and O–H groups in total. The Bertz CT molecular complexity index is 556. The van der Waals surface area contributed by atoms with Crippen LogP contribution in [0.2, 0.25) is 0 Å². The number of amides is 1. The predicted molar refractivity (Wildman–Crippen MR) is 64.9 cm³/mol. The third-order valence-electron chi connectivity index (χ3n) is 2.62. The number of hydrogen-bond donors (Lipinski definition) is 2. The normalized spacial score (nSPS) is 10.6. The molecule has 0 unspecified atom stereocenters. The molecule has 2 aromatic heterocycles. The SMILES string of the molecule is CCc1nc(C(=O)NCc2cn(C)nc2C)n[nH]1. The zero-order valence-corrected chi connectivity index (χ0v) is 10.7. The average molecular weight is 248 g/mol. The lowest BCUT2D eigenvalue weighted by atomic mass is 10.2. The quantitative estimate of drug-likeness (QED) is 0.816. The Morgan fingerprint density at radius 1 is 1.56 bits per heavy atom. The maximum Gasteiger partial charge on any atom is 0.291 e. The largest absolute Gasteiger partial charge is 0.345 e. The van der Waals surface area contributed by atoms with Gasteiger partial charge >= 0.3 is 0 Å². The zero-order chi connectivity index (χ0) is 13.1. The Kier molecular flexibility index (Phi) is 3.40. The first kappa shape index (κ1) is 12.3. The van der Waals surface area contributed by atoms with Gasteiger partial charge in [0.1, 0.15) is 5.82 Å². The van der Waals surface area contributed by atoms with Crippen molar-refractivity contribution in [3.8, 4) is 0 Å². The molecule has 0 aliphatic carbocycles. The number of rotatable bonds is 4. The van der Waals surface area contributed by atoms with Gasteiger partial charge in [-0.2, -0.15) is 5.10 Å². The van der Waals surface area contributed by atoms with Crippen LogP contribution in [0.5, 0.6) is 0 Å². The molecule has 0 bridgehead atoms. The molecule has 0 fully saturated rings. The van der Waals surface area contributed by atoms with Gasteiger partial charge in [0.05, 0.1) is 5.69 Å². The van der Waals surface area contributed by atoms with E-state index in [1.54, 1.807) is 4.68 Å².